The minimum Gasteiger partial charge on any atom is -0.470 e. The van der Waals surface area contributed by atoms with E-state index in [0.717, 1.165) is 42.8 Å². The van der Waals surface area contributed by atoms with Crippen molar-refractivity contribution in [2.24, 2.45) is 5.92 Å². The molecule has 5 nitrogen and oxygen atoms in total. The Bertz CT molecular complexity index is 783. The average Bonchev–Trinajstić information content (AvgIpc) is 3.18. The van der Waals surface area contributed by atoms with E-state index < -0.39 is 0 Å². The number of anilines is 1. The number of hydrogen-bond acceptors (Lipinski definition) is 3. The van der Waals surface area contributed by atoms with Crippen molar-refractivity contribution in [2.75, 3.05) is 5.32 Å². The second-order valence-corrected chi connectivity index (χ2v) is 7.21. The van der Waals surface area contributed by atoms with Gasteiger partial charge in [0.25, 0.3) is 0 Å². The Morgan fingerprint density at radius 1 is 1.32 bits per heavy atom. The number of amides is 1. The van der Waals surface area contributed by atoms with Crippen LogP contribution in [0.15, 0.2) is 18.2 Å². The molecule has 1 aliphatic carbocycles. The molecule has 0 aliphatic heterocycles. The predicted molar refractivity (Wildman–Crippen MR) is 99.4 cm³/mol. The maximum Gasteiger partial charge on any atom is 0.227 e. The highest BCUT2D eigenvalue weighted by molar-refractivity contribution is 6.35. The van der Waals surface area contributed by atoms with Crippen LogP contribution in [0, 0.1) is 19.8 Å². The summed E-state index contributed by atoms with van der Waals surface area (Å²) < 4.78 is 7.44. The SMILES string of the molecule is Cc1nn(COc2ccc(Cl)cc2Cl)c(C)c1NC(=O)C1CCCC1. The number of rotatable bonds is 5. The van der Waals surface area contributed by atoms with Gasteiger partial charge in [0, 0.05) is 10.9 Å². The van der Waals surface area contributed by atoms with E-state index >= 15 is 0 Å². The molecule has 0 saturated heterocycles. The second-order valence-electron chi connectivity index (χ2n) is 6.36. The fourth-order valence-electron chi connectivity index (χ4n) is 3.14. The van der Waals surface area contributed by atoms with Crippen LogP contribution in [-0.4, -0.2) is 15.7 Å². The van der Waals surface area contributed by atoms with Gasteiger partial charge in [0.1, 0.15) is 5.75 Å². The van der Waals surface area contributed by atoms with Crippen molar-refractivity contribution in [3.05, 3.63) is 39.6 Å². The van der Waals surface area contributed by atoms with Crippen LogP contribution in [0.1, 0.15) is 37.1 Å². The van der Waals surface area contributed by atoms with Crippen molar-refractivity contribution >= 4 is 34.8 Å². The molecular formula is C18H21Cl2N3O2. The molecule has 1 heterocycles. The number of benzene rings is 1. The molecule has 2 aromatic rings. The van der Waals surface area contributed by atoms with Crippen LogP contribution in [0.2, 0.25) is 10.0 Å². The molecule has 0 unspecified atom stereocenters. The highest BCUT2D eigenvalue weighted by Crippen LogP contribution is 2.29. The van der Waals surface area contributed by atoms with E-state index in [0.29, 0.717) is 15.8 Å². The topological polar surface area (TPSA) is 56.1 Å². The number of carbonyl (C=O) groups excluding carboxylic acids is 1. The first kappa shape index (κ1) is 18.1. The third-order valence-corrected chi connectivity index (χ3v) is 5.12. The van der Waals surface area contributed by atoms with Crippen molar-refractivity contribution in [3.63, 3.8) is 0 Å². The quantitative estimate of drug-likeness (QED) is 0.794. The van der Waals surface area contributed by atoms with Gasteiger partial charge in [0.15, 0.2) is 6.73 Å². The lowest BCUT2D eigenvalue weighted by Crippen LogP contribution is -2.21. The maximum absolute atomic E-state index is 12.4. The Balaban J connectivity index is 1.69. The van der Waals surface area contributed by atoms with Crippen LogP contribution in [-0.2, 0) is 11.5 Å². The van der Waals surface area contributed by atoms with Gasteiger partial charge in [0.2, 0.25) is 5.91 Å². The summed E-state index contributed by atoms with van der Waals surface area (Å²) in [4.78, 5) is 12.4. The van der Waals surface area contributed by atoms with Crippen molar-refractivity contribution in [1.29, 1.82) is 0 Å². The minimum atomic E-state index is 0.0879. The van der Waals surface area contributed by atoms with Gasteiger partial charge in [-0.2, -0.15) is 5.10 Å². The largest absolute Gasteiger partial charge is 0.470 e. The zero-order valence-corrected chi connectivity index (χ0v) is 15.8. The highest BCUT2D eigenvalue weighted by atomic mass is 35.5. The van der Waals surface area contributed by atoms with E-state index in [-0.39, 0.29) is 18.6 Å². The summed E-state index contributed by atoms with van der Waals surface area (Å²) in [5.74, 6) is 0.742. The van der Waals surface area contributed by atoms with Gasteiger partial charge in [0.05, 0.1) is 22.1 Å². The normalized spacial score (nSPS) is 14.7. The Morgan fingerprint density at radius 2 is 2.04 bits per heavy atom. The molecular weight excluding hydrogens is 361 g/mol. The lowest BCUT2D eigenvalue weighted by atomic mass is 10.1. The van der Waals surface area contributed by atoms with Gasteiger partial charge in [-0.15, -0.1) is 0 Å². The Hall–Kier alpha value is -1.72. The molecule has 25 heavy (non-hydrogen) atoms. The Kier molecular flexibility index (Phi) is 5.54. The second kappa shape index (κ2) is 7.67. The average molecular weight is 382 g/mol. The van der Waals surface area contributed by atoms with Crippen molar-refractivity contribution in [2.45, 2.75) is 46.3 Å². The summed E-state index contributed by atoms with van der Waals surface area (Å²) in [5.41, 5.74) is 2.39. The lowest BCUT2D eigenvalue weighted by Gasteiger charge is -2.12. The molecule has 1 aromatic carbocycles. The molecule has 3 rings (SSSR count). The summed E-state index contributed by atoms with van der Waals surface area (Å²) in [5, 5.41) is 8.50. The van der Waals surface area contributed by atoms with Crippen LogP contribution >= 0.6 is 23.2 Å². The monoisotopic (exact) mass is 381 g/mol. The summed E-state index contributed by atoms with van der Waals surface area (Å²) in [6.45, 7) is 3.99. The predicted octanol–water partition coefficient (Wildman–Crippen LogP) is 4.97. The highest BCUT2D eigenvalue weighted by Gasteiger charge is 2.24. The van der Waals surface area contributed by atoms with Crippen LogP contribution in [0.5, 0.6) is 5.75 Å². The van der Waals surface area contributed by atoms with Gasteiger partial charge < -0.3 is 10.1 Å². The van der Waals surface area contributed by atoms with E-state index in [1.165, 1.54) is 0 Å². The molecule has 1 aromatic heterocycles. The number of halogens is 2. The molecule has 1 saturated carbocycles. The summed E-state index contributed by atoms with van der Waals surface area (Å²) in [6.07, 6.45) is 4.20. The summed E-state index contributed by atoms with van der Waals surface area (Å²) in [7, 11) is 0. The smallest absolute Gasteiger partial charge is 0.227 e. The molecule has 0 bridgehead atoms. The molecule has 1 N–H and O–H groups in total. The van der Waals surface area contributed by atoms with Crippen LogP contribution < -0.4 is 10.1 Å². The lowest BCUT2D eigenvalue weighted by molar-refractivity contribution is -0.119. The standard InChI is InChI=1S/C18H21Cl2N3O2/c1-11-17(21-18(24)13-5-3-4-6-13)12(2)23(22-11)10-25-16-8-7-14(19)9-15(16)20/h7-9,13H,3-6,10H2,1-2H3,(H,21,24). The number of carbonyl (C=O) groups is 1. The van der Waals surface area contributed by atoms with Crippen molar-refractivity contribution < 1.29 is 9.53 Å². The number of nitrogens with zero attached hydrogens (tertiary/aromatic N) is 2. The zero-order chi connectivity index (χ0) is 18.0. The molecule has 7 heteroatoms. The number of aryl methyl sites for hydroxylation is 1. The number of nitrogens with one attached hydrogen (secondary N) is 1. The Morgan fingerprint density at radius 3 is 2.72 bits per heavy atom. The molecule has 0 radical (unpaired) electrons. The van der Waals surface area contributed by atoms with Gasteiger partial charge in [-0.3, -0.25) is 4.79 Å². The first-order valence-corrected chi connectivity index (χ1v) is 9.14. The molecule has 1 fully saturated rings. The van der Waals surface area contributed by atoms with E-state index in [9.17, 15) is 4.79 Å². The van der Waals surface area contributed by atoms with Gasteiger partial charge in [-0.05, 0) is 44.9 Å². The first-order valence-electron chi connectivity index (χ1n) is 8.38. The summed E-state index contributed by atoms with van der Waals surface area (Å²) >= 11 is 12.0. The number of aromatic nitrogens is 2. The van der Waals surface area contributed by atoms with Gasteiger partial charge in [-0.25, -0.2) is 4.68 Å². The molecule has 0 atom stereocenters. The first-order chi connectivity index (χ1) is 12.0. The third kappa shape index (κ3) is 4.10. The minimum absolute atomic E-state index is 0.0879. The number of hydrogen-bond donors (Lipinski definition) is 1. The van der Waals surface area contributed by atoms with E-state index in [4.69, 9.17) is 27.9 Å². The fraction of sp³-hybridized carbons (Fsp3) is 0.444. The fourth-order valence-corrected chi connectivity index (χ4v) is 3.60. The van der Waals surface area contributed by atoms with Gasteiger partial charge >= 0.3 is 0 Å². The zero-order valence-electron chi connectivity index (χ0n) is 14.3. The molecule has 134 valence electrons. The van der Waals surface area contributed by atoms with E-state index in [1.54, 1.807) is 22.9 Å². The molecule has 0 spiro atoms. The number of ether oxygens (including phenoxy) is 1. The summed E-state index contributed by atoms with van der Waals surface area (Å²) in [6, 6.07) is 5.07. The third-order valence-electron chi connectivity index (χ3n) is 4.59. The van der Waals surface area contributed by atoms with Crippen molar-refractivity contribution in [1.82, 2.24) is 9.78 Å². The van der Waals surface area contributed by atoms with Crippen LogP contribution in [0.3, 0.4) is 0 Å². The van der Waals surface area contributed by atoms with Gasteiger partial charge in [-0.1, -0.05) is 36.0 Å². The molecule has 1 aliphatic rings. The van der Waals surface area contributed by atoms with E-state index in [1.807, 2.05) is 13.8 Å². The maximum atomic E-state index is 12.4. The van der Waals surface area contributed by atoms with Crippen LogP contribution in [0.25, 0.3) is 0 Å². The molecule has 1 amide bonds. The van der Waals surface area contributed by atoms with E-state index in [2.05, 4.69) is 10.4 Å². The Labute approximate surface area is 157 Å². The van der Waals surface area contributed by atoms with Crippen LogP contribution in [0.4, 0.5) is 5.69 Å². The van der Waals surface area contributed by atoms with Crippen molar-refractivity contribution in [3.8, 4) is 5.75 Å².